The van der Waals surface area contributed by atoms with Gasteiger partial charge in [-0.25, -0.2) is 4.98 Å². The van der Waals surface area contributed by atoms with Crippen LogP contribution in [0.25, 0.3) is 11.3 Å². The first-order valence-corrected chi connectivity index (χ1v) is 9.02. The average molecular weight is 359 g/mol. The number of hydrogen-bond acceptors (Lipinski definition) is 4. The number of aromatic nitrogens is 1. The number of halogens is 1. The van der Waals surface area contributed by atoms with Crippen LogP contribution in [0.3, 0.4) is 0 Å². The third-order valence-corrected chi connectivity index (χ3v) is 5.07. The molecule has 2 aromatic heterocycles. The van der Waals surface area contributed by atoms with E-state index in [0.29, 0.717) is 16.7 Å². The number of nitrogens with zero attached hydrogens (tertiary/aromatic N) is 2. The SMILES string of the molecule is O=C(C1CC1)N(Cc1ccco1)c1nc(-c2ccc(Cl)cc2)cs1. The van der Waals surface area contributed by atoms with E-state index in [2.05, 4.69) is 4.98 Å². The van der Waals surface area contributed by atoms with Crippen molar-refractivity contribution in [3.8, 4) is 11.3 Å². The second-order valence-corrected chi connectivity index (χ2v) is 7.07. The summed E-state index contributed by atoms with van der Waals surface area (Å²) in [5.74, 6) is 1.01. The molecule has 1 aromatic carbocycles. The summed E-state index contributed by atoms with van der Waals surface area (Å²) in [6.45, 7) is 0.413. The lowest BCUT2D eigenvalue weighted by Crippen LogP contribution is -2.31. The van der Waals surface area contributed by atoms with Gasteiger partial charge in [-0.05, 0) is 37.1 Å². The molecular formula is C18H15ClN2O2S. The molecule has 122 valence electrons. The van der Waals surface area contributed by atoms with E-state index in [1.807, 2.05) is 41.8 Å². The molecule has 3 aromatic rings. The zero-order valence-corrected chi connectivity index (χ0v) is 14.4. The lowest BCUT2D eigenvalue weighted by atomic mass is 10.2. The molecule has 2 heterocycles. The maximum absolute atomic E-state index is 12.7. The minimum absolute atomic E-state index is 0.128. The van der Waals surface area contributed by atoms with E-state index in [-0.39, 0.29) is 11.8 Å². The van der Waals surface area contributed by atoms with E-state index < -0.39 is 0 Å². The number of carbonyl (C=O) groups excluding carboxylic acids is 1. The first kappa shape index (κ1) is 15.4. The van der Waals surface area contributed by atoms with Crippen LogP contribution < -0.4 is 4.90 Å². The Kier molecular flexibility index (Phi) is 4.12. The number of thiazole rings is 1. The van der Waals surface area contributed by atoms with Crippen LogP contribution in [0.5, 0.6) is 0 Å². The number of rotatable bonds is 5. The summed E-state index contributed by atoms with van der Waals surface area (Å²) in [6, 6.07) is 11.2. The predicted molar refractivity (Wildman–Crippen MR) is 95.2 cm³/mol. The summed E-state index contributed by atoms with van der Waals surface area (Å²) in [6.07, 6.45) is 3.54. The minimum atomic E-state index is 0.128. The zero-order chi connectivity index (χ0) is 16.5. The predicted octanol–water partition coefficient (Wildman–Crippen LogP) is 5.00. The molecule has 24 heavy (non-hydrogen) atoms. The van der Waals surface area contributed by atoms with Gasteiger partial charge >= 0.3 is 0 Å². The molecule has 0 unspecified atom stereocenters. The van der Waals surface area contributed by atoms with Crippen molar-refractivity contribution in [2.24, 2.45) is 5.92 Å². The summed E-state index contributed by atoms with van der Waals surface area (Å²) in [5.41, 5.74) is 1.83. The molecule has 0 spiro atoms. The normalized spacial score (nSPS) is 13.9. The second kappa shape index (κ2) is 6.42. The molecule has 0 bridgehead atoms. The van der Waals surface area contributed by atoms with Gasteiger partial charge in [0, 0.05) is 21.9 Å². The molecule has 1 fully saturated rings. The van der Waals surface area contributed by atoms with Gasteiger partial charge in [-0.2, -0.15) is 0 Å². The van der Waals surface area contributed by atoms with Crippen LogP contribution in [0.4, 0.5) is 5.13 Å². The van der Waals surface area contributed by atoms with Gasteiger partial charge in [0.15, 0.2) is 5.13 Å². The van der Waals surface area contributed by atoms with Gasteiger partial charge < -0.3 is 4.42 Å². The molecule has 4 rings (SSSR count). The van der Waals surface area contributed by atoms with Crippen molar-refractivity contribution < 1.29 is 9.21 Å². The Labute approximate surface area is 148 Å². The largest absolute Gasteiger partial charge is 0.467 e. The number of benzene rings is 1. The summed E-state index contributed by atoms with van der Waals surface area (Å²) in [7, 11) is 0. The molecule has 1 aliphatic rings. The molecule has 0 radical (unpaired) electrons. The number of furan rings is 1. The molecule has 1 amide bonds. The average Bonchev–Trinajstić information content (AvgIpc) is 3.10. The van der Waals surface area contributed by atoms with Gasteiger partial charge in [-0.15, -0.1) is 11.3 Å². The molecule has 0 atom stereocenters. The fourth-order valence-corrected chi connectivity index (χ4v) is 3.45. The molecule has 1 aliphatic carbocycles. The Hall–Kier alpha value is -2.11. The van der Waals surface area contributed by atoms with Gasteiger partial charge in [0.25, 0.3) is 0 Å². The highest BCUT2D eigenvalue weighted by Crippen LogP contribution is 2.35. The Morgan fingerprint density at radius 1 is 1.29 bits per heavy atom. The summed E-state index contributed by atoms with van der Waals surface area (Å²) >= 11 is 7.41. The van der Waals surface area contributed by atoms with Crippen LogP contribution in [-0.2, 0) is 11.3 Å². The van der Waals surface area contributed by atoms with Crippen molar-refractivity contribution in [3.63, 3.8) is 0 Å². The van der Waals surface area contributed by atoms with E-state index in [9.17, 15) is 4.79 Å². The van der Waals surface area contributed by atoms with E-state index in [1.165, 1.54) is 11.3 Å². The van der Waals surface area contributed by atoms with E-state index in [0.717, 1.165) is 29.9 Å². The lowest BCUT2D eigenvalue weighted by molar-refractivity contribution is -0.120. The number of amides is 1. The fraction of sp³-hybridized carbons (Fsp3) is 0.222. The van der Waals surface area contributed by atoms with Crippen molar-refractivity contribution in [1.82, 2.24) is 4.98 Å². The summed E-state index contributed by atoms with van der Waals surface area (Å²) in [4.78, 5) is 19.1. The van der Waals surface area contributed by atoms with Gasteiger partial charge in [0.1, 0.15) is 5.76 Å². The van der Waals surface area contributed by atoms with Gasteiger partial charge in [0.2, 0.25) is 5.91 Å². The van der Waals surface area contributed by atoms with Crippen LogP contribution in [0, 0.1) is 5.92 Å². The highest BCUT2D eigenvalue weighted by Gasteiger charge is 2.35. The van der Waals surface area contributed by atoms with Crippen molar-refractivity contribution in [2.45, 2.75) is 19.4 Å². The molecule has 6 heteroatoms. The maximum atomic E-state index is 12.7. The molecule has 4 nitrogen and oxygen atoms in total. The third kappa shape index (κ3) is 3.23. The van der Waals surface area contributed by atoms with Gasteiger partial charge in [-0.1, -0.05) is 23.7 Å². The Morgan fingerprint density at radius 2 is 2.08 bits per heavy atom. The highest BCUT2D eigenvalue weighted by molar-refractivity contribution is 7.14. The lowest BCUT2D eigenvalue weighted by Gasteiger charge is -2.18. The van der Waals surface area contributed by atoms with Crippen LogP contribution in [-0.4, -0.2) is 10.9 Å². The van der Waals surface area contributed by atoms with Crippen LogP contribution in [0.1, 0.15) is 18.6 Å². The quantitative estimate of drug-likeness (QED) is 0.644. The van der Waals surface area contributed by atoms with E-state index >= 15 is 0 Å². The molecule has 0 N–H and O–H groups in total. The maximum Gasteiger partial charge on any atom is 0.232 e. The summed E-state index contributed by atoms with van der Waals surface area (Å²) < 4.78 is 5.41. The Morgan fingerprint density at radius 3 is 2.75 bits per heavy atom. The zero-order valence-electron chi connectivity index (χ0n) is 12.8. The molecule has 0 saturated heterocycles. The number of anilines is 1. The number of carbonyl (C=O) groups is 1. The van der Waals surface area contributed by atoms with Crippen LogP contribution in [0.15, 0.2) is 52.5 Å². The molecule has 0 aliphatic heterocycles. The van der Waals surface area contributed by atoms with Gasteiger partial charge in [0.05, 0.1) is 18.5 Å². The first-order valence-electron chi connectivity index (χ1n) is 7.76. The van der Waals surface area contributed by atoms with Crippen molar-refractivity contribution in [3.05, 3.63) is 58.8 Å². The van der Waals surface area contributed by atoms with Crippen molar-refractivity contribution in [2.75, 3.05) is 4.90 Å². The topological polar surface area (TPSA) is 46.3 Å². The highest BCUT2D eigenvalue weighted by atomic mass is 35.5. The smallest absolute Gasteiger partial charge is 0.232 e. The second-order valence-electron chi connectivity index (χ2n) is 5.80. The Bertz CT molecular complexity index is 838. The Balaban J connectivity index is 1.62. The minimum Gasteiger partial charge on any atom is -0.467 e. The fourth-order valence-electron chi connectivity index (χ4n) is 2.49. The third-order valence-electron chi connectivity index (χ3n) is 3.95. The summed E-state index contributed by atoms with van der Waals surface area (Å²) in [5, 5.41) is 3.36. The van der Waals surface area contributed by atoms with Crippen LogP contribution >= 0.6 is 22.9 Å². The van der Waals surface area contributed by atoms with Crippen molar-refractivity contribution >= 4 is 34.0 Å². The molecular weight excluding hydrogens is 344 g/mol. The van der Waals surface area contributed by atoms with Crippen molar-refractivity contribution in [1.29, 1.82) is 0 Å². The number of hydrogen-bond donors (Lipinski definition) is 0. The first-order chi connectivity index (χ1) is 11.7. The standard InChI is InChI=1S/C18H15ClN2O2S/c19-14-7-5-12(6-8-14)16-11-24-18(20-16)21(17(22)13-3-4-13)10-15-2-1-9-23-15/h1-2,5-9,11,13H,3-4,10H2. The van der Waals surface area contributed by atoms with Crippen LogP contribution in [0.2, 0.25) is 5.02 Å². The monoisotopic (exact) mass is 358 g/mol. The van der Waals surface area contributed by atoms with E-state index in [4.69, 9.17) is 16.0 Å². The van der Waals surface area contributed by atoms with E-state index in [1.54, 1.807) is 11.2 Å². The van der Waals surface area contributed by atoms with Gasteiger partial charge in [-0.3, -0.25) is 9.69 Å². The molecule has 1 saturated carbocycles.